The number of ether oxygens (including phenoxy) is 3. The van der Waals surface area contributed by atoms with Gasteiger partial charge in [0.25, 0.3) is 10.1 Å². The minimum absolute atomic E-state index is 0.127. The van der Waals surface area contributed by atoms with E-state index < -0.39 is 16.2 Å². The normalized spacial score (nSPS) is 12.5. The Balaban J connectivity index is 1.19. The molecule has 0 bridgehead atoms. The molecule has 3 N–H and O–H groups in total. The van der Waals surface area contributed by atoms with Crippen LogP contribution >= 0.6 is 0 Å². The molecule has 3 aromatic carbocycles. The monoisotopic (exact) mass is 654 g/mol. The zero-order valence-electron chi connectivity index (χ0n) is 27.0. The van der Waals surface area contributed by atoms with E-state index in [1.54, 1.807) is 7.11 Å². The van der Waals surface area contributed by atoms with Gasteiger partial charge in [0, 0.05) is 35.9 Å². The van der Waals surface area contributed by atoms with E-state index in [4.69, 9.17) is 18.8 Å². The van der Waals surface area contributed by atoms with Crippen LogP contribution in [-0.4, -0.2) is 67.9 Å². The van der Waals surface area contributed by atoms with Crippen LogP contribution in [0.4, 0.5) is 0 Å². The van der Waals surface area contributed by atoms with Crippen molar-refractivity contribution in [2.45, 2.75) is 76.9 Å². The third-order valence-corrected chi connectivity index (χ3v) is 9.01. The number of rotatable bonds is 23. The van der Waals surface area contributed by atoms with E-state index in [-0.39, 0.29) is 12.4 Å². The number of methoxy groups -OCH3 is 1. The molecule has 0 saturated carbocycles. The van der Waals surface area contributed by atoms with Crippen molar-refractivity contribution in [1.82, 2.24) is 9.88 Å². The third-order valence-electron chi connectivity index (χ3n) is 8.21. The smallest absolute Gasteiger partial charge is 0.264 e. The maximum atomic E-state index is 10.8. The first-order chi connectivity index (χ1) is 22.4. The van der Waals surface area contributed by atoms with Crippen molar-refractivity contribution in [1.29, 1.82) is 0 Å². The highest BCUT2D eigenvalue weighted by molar-refractivity contribution is 7.85. The van der Waals surface area contributed by atoms with E-state index in [0.29, 0.717) is 37.6 Å². The first kappa shape index (κ1) is 35.5. The van der Waals surface area contributed by atoms with E-state index in [2.05, 4.69) is 40.2 Å². The van der Waals surface area contributed by atoms with Gasteiger partial charge in [0.2, 0.25) is 0 Å². The Labute approximate surface area is 273 Å². The van der Waals surface area contributed by atoms with Crippen molar-refractivity contribution >= 4 is 31.9 Å². The second kappa shape index (κ2) is 18.7. The summed E-state index contributed by atoms with van der Waals surface area (Å²) in [4.78, 5) is 0. The molecule has 0 fully saturated rings. The van der Waals surface area contributed by atoms with Crippen molar-refractivity contribution < 1.29 is 32.3 Å². The largest absolute Gasteiger partial charge is 0.493 e. The number of aromatic nitrogens is 1. The number of benzene rings is 3. The van der Waals surface area contributed by atoms with Crippen LogP contribution in [0.2, 0.25) is 0 Å². The third kappa shape index (κ3) is 11.2. The number of hydrogen-bond donors (Lipinski definition) is 3. The van der Waals surface area contributed by atoms with Crippen molar-refractivity contribution in [3.63, 3.8) is 0 Å². The number of aryl methyl sites for hydroxylation is 1. The molecule has 1 heterocycles. The summed E-state index contributed by atoms with van der Waals surface area (Å²) in [6.07, 6.45) is 9.91. The number of para-hydroxylation sites is 3. The maximum absolute atomic E-state index is 10.8. The van der Waals surface area contributed by atoms with Crippen LogP contribution in [0.1, 0.15) is 64.2 Å². The molecule has 9 nitrogen and oxygen atoms in total. The maximum Gasteiger partial charge on any atom is 0.264 e. The number of nitrogens with one attached hydrogen (secondary N) is 1. The fraction of sp³-hybridized carbons (Fsp3) is 0.500. The van der Waals surface area contributed by atoms with E-state index in [1.165, 1.54) is 37.6 Å². The molecule has 0 aliphatic rings. The molecule has 0 saturated heterocycles. The van der Waals surface area contributed by atoms with Gasteiger partial charge in [-0.3, -0.25) is 4.55 Å². The van der Waals surface area contributed by atoms with Crippen LogP contribution in [0.3, 0.4) is 0 Å². The molecule has 10 heteroatoms. The number of fused-ring (bicyclic) bond motifs is 3. The van der Waals surface area contributed by atoms with Gasteiger partial charge in [0.05, 0.1) is 18.4 Å². The van der Waals surface area contributed by atoms with Crippen molar-refractivity contribution in [2.75, 3.05) is 39.2 Å². The van der Waals surface area contributed by atoms with Crippen LogP contribution < -0.4 is 19.5 Å². The summed E-state index contributed by atoms with van der Waals surface area (Å²) in [5.41, 5.74) is 2.34. The molecular formula is C36H50N2O7S. The van der Waals surface area contributed by atoms with Gasteiger partial charge in [-0.05, 0) is 43.2 Å². The Morgan fingerprint density at radius 2 is 1.35 bits per heavy atom. The minimum Gasteiger partial charge on any atom is -0.493 e. The molecule has 0 aliphatic carbocycles. The quantitative estimate of drug-likeness (QED) is 0.0578. The lowest BCUT2D eigenvalue weighted by molar-refractivity contribution is 0.106. The molecule has 0 amide bonds. The SMILES string of the molecule is COc1ccccc1OCCNCC(O)COc1cccc2c1c1ccccc1n2CCCCCCCCCCCCS(=O)(=O)O. The fourth-order valence-corrected chi connectivity index (χ4v) is 6.45. The second-order valence-electron chi connectivity index (χ2n) is 11.8. The summed E-state index contributed by atoms with van der Waals surface area (Å²) in [5, 5.41) is 16.1. The Hall–Kier alpha value is -3.31. The molecule has 1 atom stereocenters. The highest BCUT2D eigenvalue weighted by atomic mass is 32.2. The predicted molar refractivity (Wildman–Crippen MR) is 185 cm³/mol. The van der Waals surface area contributed by atoms with Crippen LogP contribution in [0, 0.1) is 0 Å². The summed E-state index contributed by atoms with van der Waals surface area (Å²) in [6, 6.07) is 22.1. The average Bonchev–Trinajstić information content (AvgIpc) is 3.37. The zero-order chi connectivity index (χ0) is 32.6. The van der Waals surface area contributed by atoms with Crippen LogP contribution in [-0.2, 0) is 16.7 Å². The standard InChI is InChI=1S/C36H50N2O7S/c1-43-33-20-12-13-21-34(33)44-25-23-37-27-29(39)28-45-35-22-16-19-32-36(35)30-17-10-11-18-31(30)38(32)24-14-8-6-4-2-3-5-7-9-15-26-46(40,41)42/h10-13,16-22,29,37,39H,2-9,14-15,23-28H2,1H3,(H,40,41,42). The zero-order valence-corrected chi connectivity index (χ0v) is 27.8. The van der Waals surface area contributed by atoms with Gasteiger partial charge >= 0.3 is 0 Å². The van der Waals surface area contributed by atoms with E-state index in [0.717, 1.165) is 54.3 Å². The van der Waals surface area contributed by atoms with Gasteiger partial charge in [0.1, 0.15) is 25.1 Å². The molecule has 46 heavy (non-hydrogen) atoms. The molecule has 4 rings (SSSR count). The molecular weight excluding hydrogens is 604 g/mol. The van der Waals surface area contributed by atoms with Gasteiger partial charge in [-0.1, -0.05) is 87.8 Å². The molecule has 4 aromatic rings. The number of unbranched alkanes of at least 4 members (excludes halogenated alkanes) is 9. The number of nitrogens with zero attached hydrogens (tertiary/aromatic N) is 1. The Bertz CT molecular complexity index is 1590. The first-order valence-electron chi connectivity index (χ1n) is 16.6. The van der Waals surface area contributed by atoms with E-state index >= 15 is 0 Å². The molecule has 0 aliphatic heterocycles. The number of aliphatic hydroxyl groups excluding tert-OH is 1. The first-order valence-corrected chi connectivity index (χ1v) is 18.2. The van der Waals surface area contributed by atoms with E-state index in [1.807, 2.05) is 36.4 Å². The number of hydrogen-bond acceptors (Lipinski definition) is 7. The molecule has 1 unspecified atom stereocenters. The molecule has 0 spiro atoms. The summed E-state index contributed by atoms with van der Waals surface area (Å²) < 4.78 is 50.0. The average molecular weight is 655 g/mol. The van der Waals surface area contributed by atoms with Gasteiger partial charge < -0.3 is 29.2 Å². The molecule has 252 valence electrons. The molecule has 1 aromatic heterocycles. The summed E-state index contributed by atoms with van der Waals surface area (Å²) in [7, 11) is -2.20. The Morgan fingerprint density at radius 1 is 0.739 bits per heavy atom. The highest BCUT2D eigenvalue weighted by Gasteiger charge is 2.15. The van der Waals surface area contributed by atoms with Crippen LogP contribution in [0.25, 0.3) is 21.8 Å². The van der Waals surface area contributed by atoms with Crippen LogP contribution in [0.5, 0.6) is 17.2 Å². The lowest BCUT2D eigenvalue weighted by Gasteiger charge is -2.15. The summed E-state index contributed by atoms with van der Waals surface area (Å²) >= 11 is 0. The number of aliphatic hydroxyl groups is 1. The highest BCUT2D eigenvalue weighted by Crippen LogP contribution is 2.36. The lowest BCUT2D eigenvalue weighted by Crippen LogP contribution is -2.33. The summed E-state index contributed by atoms with van der Waals surface area (Å²) in [5.74, 6) is 2.05. The van der Waals surface area contributed by atoms with Gasteiger partial charge in [-0.15, -0.1) is 0 Å². The van der Waals surface area contributed by atoms with Crippen molar-refractivity contribution in [2.24, 2.45) is 0 Å². The lowest BCUT2D eigenvalue weighted by atomic mass is 10.1. The van der Waals surface area contributed by atoms with Gasteiger partial charge in [-0.2, -0.15) is 8.42 Å². The van der Waals surface area contributed by atoms with Crippen molar-refractivity contribution in [3.8, 4) is 17.2 Å². The summed E-state index contributed by atoms with van der Waals surface area (Å²) in [6.45, 7) is 2.55. The van der Waals surface area contributed by atoms with Crippen molar-refractivity contribution in [3.05, 3.63) is 66.7 Å². The van der Waals surface area contributed by atoms with Crippen LogP contribution in [0.15, 0.2) is 66.7 Å². The Morgan fingerprint density at radius 3 is 2.07 bits per heavy atom. The fourth-order valence-electron chi connectivity index (χ4n) is 5.88. The topological polar surface area (TPSA) is 119 Å². The second-order valence-corrected chi connectivity index (χ2v) is 13.4. The minimum atomic E-state index is -3.82. The van der Waals surface area contributed by atoms with E-state index in [9.17, 15) is 13.5 Å². The van der Waals surface area contributed by atoms with Gasteiger partial charge in [0.15, 0.2) is 11.5 Å². The van der Waals surface area contributed by atoms with Gasteiger partial charge in [-0.25, -0.2) is 0 Å². The molecule has 0 radical (unpaired) electrons. The predicted octanol–water partition coefficient (Wildman–Crippen LogP) is 7.00. The Kier molecular flexibility index (Phi) is 14.5.